The van der Waals surface area contributed by atoms with Crippen LogP contribution in [0.1, 0.15) is 18.9 Å². The van der Waals surface area contributed by atoms with Crippen LogP contribution in [-0.4, -0.2) is 27.8 Å². The SMILES string of the molecule is CC(=O)SC1CC(=O)N(c2cnc(Cl)c(C)c2)C1. The summed E-state index contributed by atoms with van der Waals surface area (Å²) in [6.07, 6.45) is 1.99. The van der Waals surface area contributed by atoms with E-state index < -0.39 is 0 Å². The maximum Gasteiger partial charge on any atom is 0.228 e. The number of carbonyl (C=O) groups excluding carboxylic acids is 2. The third-order valence-corrected chi connectivity index (χ3v) is 4.11. The summed E-state index contributed by atoms with van der Waals surface area (Å²) in [7, 11) is 0. The number of nitrogens with zero attached hydrogens (tertiary/aromatic N) is 2. The van der Waals surface area contributed by atoms with Crippen molar-refractivity contribution in [3.63, 3.8) is 0 Å². The van der Waals surface area contributed by atoms with Crippen LogP contribution in [0, 0.1) is 6.92 Å². The van der Waals surface area contributed by atoms with Gasteiger partial charge in [-0.15, -0.1) is 0 Å². The summed E-state index contributed by atoms with van der Waals surface area (Å²) >= 11 is 7.08. The predicted molar refractivity (Wildman–Crippen MR) is 73.0 cm³/mol. The Hall–Kier alpha value is -1.07. The summed E-state index contributed by atoms with van der Waals surface area (Å²) < 4.78 is 0. The van der Waals surface area contributed by atoms with E-state index in [-0.39, 0.29) is 16.3 Å². The van der Waals surface area contributed by atoms with Gasteiger partial charge in [-0.2, -0.15) is 0 Å². The van der Waals surface area contributed by atoms with Crippen LogP contribution >= 0.6 is 23.4 Å². The lowest BCUT2D eigenvalue weighted by molar-refractivity contribution is -0.117. The molecular weight excluding hydrogens is 272 g/mol. The van der Waals surface area contributed by atoms with Crippen LogP contribution in [0.3, 0.4) is 0 Å². The Balaban J connectivity index is 2.16. The van der Waals surface area contributed by atoms with Gasteiger partial charge >= 0.3 is 0 Å². The molecule has 1 aliphatic rings. The molecule has 0 aliphatic carbocycles. The van der Waals surface area contributed by atoms with Crippen molar-refractivity contribution < 1.29 is 9.59 Å². The minimum atomic E-state index is 0.0253. The first kappa shape index (κ1) is 13.4. The highest BCUT2D eigenvalue weighted by atomic mass is 35.5. The molecule has 1 aromatic heterocycles. The van der Waals surface area contributed by atoms with Crippen LogP contribution in [0.5, 0.6) is 0 Å². The summed E-state index contributed by atoms with van der Waals surface area (Å²) in [6.45, 7) is 3.92. The van der Waals surface area contributed by atoms with Crippen molar-refractivity contribution in [3.05, 3.63) is 23.0 Å². The summed E-state index contributed by atoms with van der Waals surface area (Å²) in [6, 6.07) is 1.84. The number of amides is 1. The number of rotatable bonds is 2. The molecule has 0 bridgehead atoms. The van der Waals surface area contributed by atoms with E-state index in [9.17, 15) is 9.59 Å². The van der Waals surface area contributed by atoms with Crippen molar-refractivity contribution in [2.45, 2.75) is 25.5 Å². The molecular formula is C12H13ClN2O2S. The molecule has 1 fully saturated rings. The molecule has 2 rings (SSSR count). The van der Waals surface area contributed by atoms with E-state index in [2.05, 4.69) is 4.98 Å². The highest BCUT2D eigenvalue weighted by Crippen LogP contribution is 2.29. The molecule has 0 saturated carbocycles. The van der Waals surface area contributed by atoms with Crippen LogP contribution in [0.4, 0.5) is 5.69 Å². The molecule has 1 atom stereocenters. The van der Waals surface area contributed by atoms with Gasteiger partial charge in [0.1, 0.15) is 5.15 Å². The Labute approximate surface area is 115 Å². The molecule has 2 heterocycles. The van der Waals surface area contributed by atoms with E-state index in [0.29, 0.717) is 18.1 Å². The van der Waals surface area contributed by atoms with Crippen molar-refractivity contribution in [2.75, 3.05) is 11.4 Å². The third-order valence-electron chi connectivity index (χ3n) is 2.73. The van der Waals surface area contributed by atoms with Crippen LogP contribution in [-0.2, 0) is 9.59 Å². The molecule has 1 aliphatic heterocycles. The van der Waals surface area contributed by atoms with Crippen LogP contribution in [0.15, 0.2) is 12.3 Å². The number of aromatic nitrogens is 1. The molecule has 1 saturated heterocycles. The number of anilines is 1. The van der Waals surface area contributed by atoms with Crippen molar-refractivity contribution in [1.29, 1.82) is 0 Å². The maximum atomic E-state index is 11.9. The fourth-order valence-corrected chi connectivity index (χ4v) is 2.95. The number of hydrogen-bond acceptors (Lipinski definition) is 4. The lowest BCUT2D eigenvalue weighted by Crippen LogP contribution is -2.25. The smallest absolute Gasteiger partial charge is 0.228 e. The zero-order valence-corrected chi connectivity index (χ0v) is 11.7. The monoisotopic (exact) mass is 284 g/mol. The first-order valence-corrected chi connectivity index (χ1v) is 6.83. The van der Waals surface area contributed by atoms with Crippen molar-refractivity contribution in [1.82, 2.24) is 4.98 Å². The standard InChI is InChI=1S/C12H13ClN2O2S/c1-7-3-9(5-14-12(7)13)15-6-10(4-11(15)17)18-8(2)16/h3,5,10H,4,6H2,1-2H3. The molecule has 0 radical (unpaired) electrons. The number of thioether (sulfide) groups is 1. The molecule has 0 spiro atoms. The Morgan fingerprint density at radius 2 is 2.33 bits per heavy atom. The van der Waals surface area contributed by atoms with E-state index in [4.69, 9.17) is 11.6 Å². The zero-order chi connectivity index (χ0) is 13.3. The summed E-state index contributed by atoms with van der Waals surface area (Å²) in [4.78, 5) is 28.7. The Morgan fingerprint density at radius 1 is 1.61 bits per heavy atom. The largest absolute Gasteiger partial charge is 0.310 e. The zero-order valence-electron chi connectivity index (χ0n) is 10.1. The number of halogens is 1. The van der Waals surface area contributed by atoms with Crippen LogP contribution in [0.2, 0.25) is 5.15 Å². The molecule has 1 unspecified atom stereocenters. The molecule has 0 N–H and O–H groups in total. The van der Waals surface area contributed by atoms with Gasteiger partial charge in [0.15, 0.2) is 5.12 Å². The second-order valence-corrected chi connectivity index (χ2v) is 6.08. The Morgan fingerprint density at radius 3 is 2.94 bits per heavy atom. The van der Waals surface area contributed by atoms with Crippen LogP contribution < -0.4 is 4.90 Å². The highest BCUT2D eigenvalue weighted by Gasteiger charge is 2.32. The topological polar surface area (TPSA) is 50.3 Å². The van der Waals surface area contributed by atoms with Gasteiger partial charge in [-0.3, -0.25) is 9.59 Å². The molecule has 96 valence electrons. The van der Waals surface area contributed by atoms with Crippen molar-refractivity contribution >= 4 is 40.1 Å². The summed E-state index contributed by atoms with van der Waals surface area (Å²) in [5.74, 6) is 0.0253. The molecule has 1 aromatic rings. The minimum absolute atomic E-state index is 0.0253. The summed E-state index contributed by atoms with van der Waals surface area (Å²) in [5, 5.41) is 0.520. The molecule has 0 aromatic carbocycles. The quantitative estimate of drug-likeness (QED) is 0.783. The number of pyridine rings is 1. The minimum Gasteiger partial charge on any atom is -0.310 e. The third kappa shape index (κ3) is 2.84. The van der Waals surface area contributed by atoms with E-state index in [1.807, 2.05) is 13.0 Å². The predicted octanol–water partition coefficient (Wildman–Crippen LogP) is 2.43. The molecule has 1 amide bonds. The first-order chi connectivity index (χ1) is 8.47. The normalized spacial score (nSPS) is 19.4. The van der Waals surface area contributed by atoms with E-state index in [0.717, 1.165) is 11.3 Å². The van der Waals surface area contributed by atoms with Gasteiger partial charge in [0.05, 0.1) is 11.9 Å². The van der Waals surface area contributed by atoms with Crippen LogP contribution in [0.25, 0.3) is 0 Å². The molecule has 18 heavy (non-hydrogen) atoms. The molecule has 6 heteroatoms. The van der Waals surface area contributed by atoms with Gasteiger partial charge in [0, 0.05) is 25.1 Å². The van der Waals surface area contributed by atoms with E-state index in [1.54, 1.807) is 11.1 Å². The highest BCUT2D eigenvalue weighted by molar-refractivity contribution is 8.14. The van der Waals surface area contributed by atoms with Crippen molar-refractivity contribution in [3.8, 4) is 0 Å². The summed E-state index contributed by atoms with van der Waals surface area (Å²) in [5.41, 5.74) is 1.58. The average molecular weight is 285 g/mol. The number of hydrogen-bond donors (Lipinski definition) is 0. The van der Waals surface area contributed by atoms with Gasteiger partial charge in [0.25, 0.3) is 0 Å². The second-order valence-electron chi connectivity index (χ2n) is 4.24. The fourth-order valence-electron chi connectivity index (χ4n) is 1.93. The second kappa shape index (κ2) is 5.28. The van der Waals surface area contributed by atoms with E-state index >= 15 is 0 Å². The number of carbonyl (C=O) groups is 2. The first-order valence-electron chi connectivity index (χ1n) is 5.57. The number of aryl methyl sites for hydroxylation is 1. The van der Waals surface area contributed by atoms with Gasteiger partial charge < -0.3 is 4.90 Å². The Kier molecular flexibility index (Phi) is 3.92. The van der Waals surface area contributed by atoms with Gasteiger partial charge in [0.2, 0.25) is 5.91 Å². The Bertz CT molecular complexity index is 507. The van der Waals surface area contributed by atoms with Gasteiger partial charge in [-0.25, -0.2) is 4.98 Å². The van der Waals surface area contributed by atoms with E-state index in [1.165, 1.54) is 18.7 Å². The lowest BCUT2D eigenvalue weighted by atomic mass is 10.3. The average Bonchev–Trinajstić information content (AvgIpc) is 2.62. The fraction of sp³-hybridized carbons (Fsp3) is 0.417. The lowest BCUT2D eigenvalue weighted by Gasteiger charge is -2.16. The maximum absolute atomic E-state index is 11.9. The van der Waals surface area contributed by atoms with Crippen molar-refractivity contribution in [2.24, 2.45) is 0 Å². The molecule has 4 nitrogen and oxygen atoms in total. The van der Waals surface area contributed by atoms with Gasteiger partial charge in [-0.1, -0.05) is 23.4 Å². The van der Waals surface area contributed by atoms with Gasteiger partial charge in [-0.05, 0) is 18.6 Å².